The van der Waals surface area contributed by atoms with Gasteiger partial charge < -0.3 is 16.1 Å². The van der Waals surface area contributed by atoms with Crippen LogP contribution in [0.3, 0.4) is 0 Å². The van der Waals surface area contributed by atoms with Gasteiger partial charge in [0.1, 0.15) is 0 Å². The minimum Gasteiger partial charge on any atom is -0.313 e. The van der Waals surface area contributed by atoms with E-state index in [-0.39, 0.29) is 17.8 Å². The lowest BCUT2D eigenvalue weighted by atomic mass is 9.79. The normalized spacial score (nSPS) is 25.5. The molecular weight excluding hydrogens is 212 g/mol. The van der Waals surface area contributed by atoms with Crippen LogP contribution in [0.25, 0.3) is 0 Å². The molecule has 0 bridgehead atoms. The first kappa shape index (κ1) is 14.0. The molecule has 1 fully saturated rings. The van der Waals surface area contributed by atoms with Gasteiger partial charge in [-0.05, 0) is 25.6 Å². The lowest BCUT2D eigenvalue weighted by Crippen LogP contribution is -2.43. The second kappa shape index (κ2) is 6.64. The fraction of sp³-hybridized carbons (Fsp3) is 0.769. The summed E-state index contributed by atoms with van der Waals surface area (Å²) < 4.78 is 0. The average molecular weight is 236 g/mol. The van der Waals surface area contributed by atoms with Crippen molar-refractivity contribution in [1.82, 2.24) is 5.32 Å². The molecule has 4 heteroatoms. The van der Waals surface area contributed by atoms with Crippen molar-refractivity contribution in [2.75, 3.05) is 20.1 Å². The molecule has 1 saturated heterocycles. The lowest BCUT2D eigenvalue weighted by Gasteiger charge is -2.30. The molecule has 3 unspecified atom stereocenters. The maximum atomic E-state index is 8.03. The predicted molar refractivity (Wildman–Crippen MR) is 73.8 cm³/mol. The van der Waals surface area contributed by atoms with Gasteiger partial charge >= 0.3 is 0 Å². The molecule has 96 valence electrons. The molecule has 0 aromatic rings. The SMILES string of the molecule is CCC(C=N)C(C)C(=NC)C1CCNCC1=N. The van der Waals surface area contributed by atoms with E-state index in [1.54, 1.807) is 0 Å². The zero-order chi connectivity index (χ0) is 12.8. The highest BCUT2D eigenvalue weighted by Gasteiger charge is 2.29. The van der Waals surface area contributed by atoms with E-state index in [9.17, 15) is 0 Å². The van der Waals surface area contributed by atoms with E-state index in [2.05, 4.69) is 24.2 Å². The third-order valence-electron chi connectivity index (χ3n) is 3.76. The van der Waals surface area contributed by atoms with Gasteiger partial charge in [-0.1, -0.05) is 13.8 Å². The maximum absolute atomic E-state index is 8.03. The van der Waals surface area contributed by atoms with Gasteiger partial charge in [0.25, 0.3) is 0 Å². The molecule has 3 N–H and O–H groups in total. The van der Waals surface area contributed by atoms with Crippen LogP contribution in [0.4, 0.5) is 0 Å². The summed E-state index contributed by atoms with van der Waals surface area (Å²) >= 11 is 0. The van der Waals surface area contributed by atoms with E-state index >= 15 is 0 Å². The highest BCUT2D eigenvalue weighted by molar-refractivity contribution is 6.08. The van der Waals surface area contributed by atoms with Gasteiger partial charge in [0, 0.05) is 42.8 Å². The van der Waals surface area contributed by atoms with Gasteiger partial charge in [0.2, 0.25) is 0 Å². The van der Waals surface area contributed by atoms with Crippen LogP contribution in [-0.4, -0.2) is 37.8 Å². The predicted octanol–water partition coefficient (Wildman–Crippen LogP) is 2.00. The van der Waals surface area contributed by atoms with Crippen molar-refractivity contribution >= 4 is 17.6 Å². The Bertz CT molecular complexity index is 309. The Hall–Kier alpha value is -1.03. The summed E-state index contributed by atoms with van der Waals surface area (Å²) in [6.45, 7) is 5.88. The third-order valence-corrected chi connectivity index (χ3v) is 3.76. The van der Waals surface area contributed by atoms with Gasteiger partial charge in [0.05, 0.1) is 0 Å². The van der Waals surface area contributed by atoms with Crippen LogP contribution in [0, 0.1) is 28.6 Å². The third kappa shape index (κ3) is 3.22. The first-order valence-electron chi connectivity index (χ1n) is 6.40. The Morgan fingerprint density at radius 1 is 1.65 bits per heavy atom. The molecule has 1 aliphatic heterocycles. The molecule has 1 rings (SSSR count). The second-order valence-corrected chi connectivity index (χ2v) is 4.72. The van der Waals surface area contributed by atoms with Crippen molar-refractivity contribution in [3.05, 3.63) is 0 Å². The molecule has 0 aliphatic carbocycles. The average Bonchev–Trinajstić information content (AvgIpc) is 2.34. The van der Waals surface area contributed by atoms with Gasteiger partial charge in [-0.3, -0.25) is 4.99 Å². The number of hydrogen-bond donors (Lipinski definition) is 3. The first-order valence-corrected chi connectivity index (χ1v) is 6.40. The molecular formula is C13H24N4. The Balaban J connectivity index is 2.83. The molecule has 3 atom stereocenters. The van der Waals surface area contributed by atoms with Crippen molar-refractivity contribution in [2.24, 2.45) is 22.7 Å². The van der Waals surface area contributed by atoms with Crippen molar-refractivity contribution in [3.63, 3.8) is 0 Å². The van der Waals surface area contributed by atoms with Crippen LogP contribution in [0.15, 0.2) is 4.99 Å². The molecule has 0 aromatic carbocycles. The van der Waals surface area contributed by atoms with Crippen molar-refractivity contribution < 1.29 is 0 Å². The van der Waals surface area contributed by atoms with Gasteiger partial charge in [-0.15, -0.1) is 0 Å². The van der Waals surface area contributed by atoms with Crippen molar-refractivity contribution in [1.29, 1.82) is 10.8 Å². The molecule has 0 aromatic heterocycles. The number of nitrogens with zero attached hydrogens (tertiary/aromatic N) is 1. The minimum atomic E-state index is 0.185. The van der Waals surface area contributed by atoms with E-state index in [0.29, 0.717) is 6.54 Å². The van der Waals surface area contributed by atoms with E-state index in [1.807, 2.05) is 7.05 Å². The zero-order valence-corrected chi connectivity index (χ0v) is 11.1. The van der Waals surface area contributed by atoms with Gasteiger partial charge in [0.15, 0.2) is 0 Å². The number of rotatable bonds is 5. The summed E-state index contributed by atoms with van der Waals surface area (Å²) in [7, 11) is 1.82. The number of aliphatic imine (C=N–C) groups is 1. The second-order valence-electron chi connectivity index (χ2n) is 4.72. The van der Waals surface area contributed by atoms with Crippen molar-refractivity contribution in [2.45, 2.75) is 26.7 Å². The molecule has 0 spiro atoms. The molecule has 4 nitrogen and oxygen atoms in total. The van der Waals surface area contributed by atoms with E-state index in [4.69, 9.17) is 10.8 Å². The fourth-order valence-corrected chi connectivity index (χ4v) is 2.61. The summed E-state index contributed by atoms with van der Waals surface area (Å²) in [5.41, 5.74) is 1.84. The first-order chi connectivity index (χ1) is 8.15. The summed E-state index contributed by atoms with van der Waals surface area (Å²) in [6, 6.07) is 0. The standard InChI is InChI=1S/C13H24N4/c1-4-10(7-14)9(2)13(16-3)11-5-6-17-8-12(11)15/h7,9-11,14-15,17H,4-6,8H2,1-3H3. The largest absolute Gasteiger partial charge is 0.313 e. The van der Waals surface area contributed by atoms with Crippen LogP contribution in [0.2, 0.25) is 0 Å². The van der Waals surface area contributed by atoms with E-state index in [0.717, 1.165) is 30.8 Å². The number of piperidine rings is 1. The van der Waals surface area contributed by atoms with Crippen LogP contribution < -0.4 is 5.32 Å². The van der Waals surface area contributed by atoms with Crippen LogP contribution in [-0.2, 0) is 0 Å². The molecule has 0 saturated carbocycles. The highest BCUT2D eigenvalue weighted by atomic mass is 14.9. The number of nitrogens with one attached hydrogen (secondary N) is 3. The molecule has 0 amide bonds. The molecule has 1 heterocycles. The van der Waals surface area contributed by atoms with Crippen molar-refractivity contribution in [3.8, 4) is 0 Å². The zero-order valence-electron chi connectivity index (χ0n) is 11.1. The maximum Gasteiger partial charge on any atom is 0.0374 e. The quantitative estimate of drug-likeness (QED) is 0.628. The van der Waals surface area contributed by atoms with E-state index < -0.39 is 0 Å². The number of hydrogen-bond acceptors (Lipinski definition) is 4. The molecule has 17 heavy (non-hydrogen) atoms. The topological polar surface area (TPSA) is 72.1 Å². The Labute approximate surface area is 104 Å². The fourth-order valence-electron chi connectivity index (χ4n) is 2.61. The summed E-state index contributed by atoms with van der Waals surface area (Å²) in [5.74, 6) is 0.701. The summed E-state index contributed by atoms with van der Waals surface area (Å²) in [5, 5.41) is 18.7. The van der Waals surface area contributed by atoms with Crippen LogP contribution in [0.1, 0.15) is 26.7 Å². The Kier molecular flexibility index (Phi) is 5.48. The lowest BCUT2D eigenvalue weighted by molar-refractivity contribution is 0.528. The molecule has 1 aliphatic rings. The minimum absolute atomic E-state index is 0.185. The van der Waals surface area contributed by atoms with Gasteiger partial charge in [-0.2, -0.15) is 0 Å². The Morgan fingerprint density at radius 3 is 2.82 bits per heavy atom. The highest BCUT2D eigenvalue weighted by Crippen LogP contribution is 2.23. The van der Waals surface area contributed by atoms with E-state index in [1.165, 1.54) is 6.21 Å². The molecule has 0 radical (unpaired) electrons. The Morgan fingerprint density at radius 2 is 2.35 bits per heavy atom. The smallest absolute Gasteiger partial charge is 0.0374 e. The van der Waals surface area contributed by atoms with Gasteiger partial charge in [-0.25, -0.2) is 0 Å². The van der Waals surface area contributed by atoms with Crippen LogP contribution in [0.5, 0.6) is 0 Å². The summed E-state index contributed by atoms with van der Waals surface area (Å²) in [6.07, 6.45) is 3.45. The summed E-state index contributed by atoms with van der Waals surface area (Å²) in [4.78, 5) is 4.42. The monoisotopic (exact) mass is 236 g/mol. The van der Waals surface area contributed by atoms with Crippen LogP contribution >= 0.6 is 0 Å².